The highest BCUT2D eigenvalue weighted by Crippen LogP contribution is 2.15. The minimum Gasteiger partial charge on any atom is -0.465 e. The van der Waals surface area contributed by atoms with Gasteiger partial charge in [0.05, 0.1) is 12.6 Å². The maximum absolute atomic E-state index is 13.6. The van der Waals surface area contributed by atoms with Crippen LogP contribution in [0.15, 0.2) is 23.1 Å². The van der Waals surface area contributed by atoms with Crippen molar-refractivity contribution in [2.75, 3.05) is 7.11 Å². The summed E-state index contributed by atoms with van der Waals surface area (Å²) in [6.07, 6.45) is 1.16. The average molecular weight is 235 g/mol. The molecule has 1 N–H and O–H groups in total. The van der Waals surface area contributed by atoms with Crippen LogP contribution in [0, 0.1) is 12.7 Å². The molecule has 0 unspecified atom stereocenters. The Morgan fingerprint density at radius 2 is 2.12 bits per heavy atom. The highest BCUT2D eigenvalue weighted by molar-refractivity contribution is 5.93. The summed E-state index contributed by atoms with van der Waals surface area (Å²) in [5.41, 5.74) is 0.0361. The van der Waals surface area contributed by atoms with Gasteiger partial charge in [-0.05, 0) is 24.6 Å². The Kier molecular flexibility index (Phi) is 2.67. The van der Waals surface area contributed by atoms with Crippen molar-refractivity contribution in [2.24, 2.45) is 0 Å². The SMILES string of the molecule is COC(=O)c1c[nH]c2c(F)cc(C)cc2c1=O. The van der Waals surface area contributed by atoms with Gasteiger partial charge in [0, 0.05) is 11.6 Å². The van der Waals surface area contributed by atoms with Crippen LogP contribution in [-0.4, -0.2) is 18.1 Å². The number of pyridine rings is 1. The van der Waals surface area contributed by atoms with Gasteiger partial charge in [0.2, 0.25) is 5.43 Å². The van der Waals surface area contributed by atoms with E-state index in [4.69, 9.17) is 0 Å². The van der Waals surface area contributed by atoms with Crippen LogP contribution in [0.5, 0.6) is 0 Å². The van der Waals surface area contributed by atoms with Gasteiger partial charge in [-0.2, -0.15) is 0 Å². The molecule has 0 radical (unpaired) electrons. The van der Waals surface area contributed by atoms with E-state index < -0.39 is 17.2 Å². The Morgan fingerprint density at radius 1 is 1.41 bits per heavy atom. The molecule has 88 valence electrons. The summed E-state index contributed by atoms with van der Waals surface area (Å²) in [5, 5.41) is 0.144. The summed E-state index contributed by atoms with van der Waals surface area (Å²) in [4.78, 5) is 25.9. The van der Waals surface area contributed by atoms with Crippen LogP contribution in [0.3, 0.4) is 0 Å². The van der Waals surface area contributed by atoms with E-state index in [1.165, 1.54) is 19.2 Å². The first-order chi connectivity index (χ1) is 8.04. The average Bonchev–Trinajstić information content (AvgIpc) is 2.29. The fraction of sp³-hybridized carbons (Fsp3) is 0.167. The number of aryl methyl sites for hydroxylation is 1. The van der Waals surface area contributed by atoms with Crippen molar-refractivity contribution in [1.82, 2.24) is 4.98 Å². The molecule has 0 spiro atoms. The number of halogens is 1. The maximum Gasteiger partial charge on any atom is 0.343 e. The number of methoxy groups -OCH3 is 1. The molecule has 5 heteroatoms. The minimum atomic E-state index is -0.741. The molecule has 1 aromatic carbocycles. The van der Waals surface area contributed by atoms with E-state index >= 15 is 0 Å². The van der Waals surface area contributed by atoms with Crippen LogP contribution in [-0.2, 0) is 4.74 Å². The van der Waals surface area contributed by atoms with E-state index in [-0.39, 0.29) is 16.5 Å². The number of rotatable bonds is 1. The number of H-pyrrole nitrogens is 1. The molecule has 4 nitrogen and oxygen atoms in total. The van der Waals surface area contributed by atoms with E-state index in [0.29, 0.717) is 5.56 Å². The Morgan fingerprint density at radius 3 is 2.76 bits per heavy atom. The largest absolute Gasteiger partial charge is 0.465 e. The summed E-state index contributed by atoms with van der Waals surface area (Å²) in [6.45, 7) is 1.67. The number of aromatic amines is 1. The lowest BCUT2D eigenvalue weighted by molar-refractivity contribution is 0.0599. The third kappa shape index (κ3) is 1.80. The van der Waals surface area contributed by atoms with Crippen LogP contribution in [0.2, 0.25) is 0 Å². The van der Waals surface area contributed by atoms with Crippen molar-refractivity contribution < 1.29 is 13.9 Å². The number of carbonyl (C=O) groups excluding carboxylic acids is 1. The van der Waals surface area contributed by atoms with Crippen molar-refractivity contribution in [1.29, 1.82) is 0 Å². The molecule has 0 saturated carbocycles. The van der Waals surface area contributed by atoms with Crippen LogP contribution in [0.1, 0.15) is 15.9 Å². The standard InChI is InChI=1S/C12H10FNO3/c1-6-3-7-10(9(13)4-6)14-5-8(11(7)15)12(16)17-2/h3-5H,1-2H3,(H,14,15). The second-order valence-electron chi connectivity index (χ2n) is 3.69. The number of esters is 1. The Bertz CT molecular complexity index is 661. The third-order valence-corrected chi connectivity index (χ3v) is 2.49. The minimum absolute atomic E-state index is 0.0910. The summed E-state index contributed by atoms with van der Waals surface area (Å²) in [5.74, 6) is -1.26. The molecule has 1 aromatic heterocycles. The number of nitrogens with one attached hydrogen (secondary N) is 1. The van der Waals surface area contributed by atoms with Crippen molar-refractivity contribution in [3.05, 3.63) is 45.5 Å². The predicted molar refractivity (Wildman–Crippen MR) is 60.6 cm³/mol. The Labute approximate surface area is 96.0 Å². The number of aromatic nitrogens is 1. The summed E-state index contributed by atoms with van der Waals surface area (Å²) in [7, 11) is 1.18. The van der Waals surface area contributed by atoms with E-state index in [2.05, 4.69) is 9.72 Å². The van der Waals surface area contributed by atoms with E-state index in [0.717, 1.165) is 6.20 Å². The molecule has 0 atom stereocenters. The predicted octanol–water partition coefficient (Wildman–Crippen LogP) is 1.76. The lowest BCUT2D eigenvalue weighted by atomic mass is 10.1. The second-order valence-corrected chi connectivity index (χ2v) is 3.69. The van der Waals surface area contributed by atoms with Gasteiger partial charge < -0.3 is 9.72 Å². The van der Waals surface area contributed by atoms with Gasteiger partial charge in [0.25, 0.3) is 0 Å². The highest BCUT2D eigenvalue weighted by Gasteiger charge is 2.14. The second kappa shape index (κ2) is 4.01. The molecule has 1 heterocycles. The zero-order chi connectivity index (χ0) is 12.6. The van der Waals surface area contributed by atoms with E-state index in [9.17, 15) is 14.0 Å². The molecule has 0 fully saturated rings. The fourth-order valence-corrected chi connectivity index (χ4v) is 1.68. The smallest absolute Gasteiger partial charge is 0.343 e. The zero-order valence-electron chi connectivity index (χ0n) is 9.33. The quantitative estimate of drug-likeness (QED) is 0.766. The number of carbonyl (C=O) groups is 1. The Hall–Kier alpha value is -2.17. The number of fused-ring (bicyclic) bond motifs is 1. The molecule has 0 saturated heterocycles. The molecular weight excluding hydrogens is 225 g/mol. The van der Waals surface area contributed by atoms with Gasteiger partial charge in [-0.25, -0.2) is 9.18 Å². The molecule has 0 aliphatic carbocycles. The summed E-state index contributed by atoms with van der Waals surface area (Å²) in [6, 6.07) is 2.85. The lowest BCUT2D eigenvalue weighted by Crippen LogP contribution is -2.17. The van der Waals surface area contributed by atoms with Crippen molar-refractivity contribution in [3.63, 3.8) is 0 Å². The number of benzene rings is 1. The van der Waals surface area contributed by atoms with Gasteiger partial charge in [-0.15, -0.1) is 0 Å². The molecular formula is C12H10FNO3. The number of ether oxygens (including phenoxy) is 1. The van der Waals surface area contributed by atoms with E-state index in [1.54, 1.807) is 6.92 Å². The van der Waals surface area contributed by atoms with Crippen LogP contribution >= 0.6 is 0 Å². The van der Waals surface area contributed by atoms with E-state index in [1.807, 2.05) is 0 Å². The van der Waals surface area contributed by atoms with Gasteiger partial charge in [0.1, 0.15) is 11.4 Å². The topological polar surface area (TPSA) is 59.2 Å². The molecule has 0 amide bonds. The maximum atomic E-state index is 13.6. The number of hydrogen-bond acceptors (Lipinski definition) is 3. The Balaban J connectivity index is 2.85. The van der Waals surface area contributed by atoms with Crippen LogP contribution in [0.25, 0.3) is 10.9 Å². The molecule has 0 aliphatic heterocycles. The van der Waals surface area contributed by atoms with Crippen molar-refractivity contribution >= 4 is 16.9 Å². The molecule has 2 rings (SSSR count). The zero-order valence-corrected chi connectivity index (χ0v) is 9.33. The molecule has 0 bridgehead atoms. The van der Waals surface area contributed by atoms with Crippen molar-refractivity contribution in [3.8, 4) is 0 Å². The van der Waals surface area contributed by atoms with Gasteiger partial charge in [0.15, 0.2) is 0 Å². The first-order valence-corrected chi connectivity index (χ1v) is 4.94. The normalized spacial score (nSPS) is 10.5. The molecule has 2 aromatic rings. The first-order valence-electron chi connectivity index (χ1n) is 4.94. The van der Waals surface area contributed by atoms with Crippen LogP contribution in [0.4, 0.5) is 4.39 Å². The molecule has 0 aliphatic rings. The van der Waals surface area contributed by atoms with Gasteiger partial charge in [-0.1, -0.05) is 0 Å². The number of hydrogen-bond donors (Lipinski definition) is 1. The van der Waals surface area contributed by atoms with Crippen LogP contribution < -0.4 is 5.43 Å². The van der Waals surface area contributed by atoms with Gasteiger partial charge in [-0.3, -0.25) is 4.79 Å². The summed E-state index contributed by atoms with van der Waals surface area (Å²) >= 11 is 0. The fourth-order valence-electron chi connectivity index (χ4n) is 1.68. The lowest BCUT2D eigenvalue weighted by Gasteiger charge is -2.04. The summed E-state index contributed by atoms with van der Waals surface area (Å²) < 4.78 is 18.0. The van der Waals surface area contributed by atoms with Gasteiger partial charge >= 0.3 is 5.97 Å². The molecule has 17 heavy (non-hydrogen) atoms. The third-order valence-electron chi connectivity index (χ3n) is 2.49. The monoisotopic (exact) mass is 235 g/mol. The first kappa shape index (κ1) is 11.3. The van der Waals surface area contributed by atoms with Crippen molar-refractivity contribution in [2.45, 2.75) is 6.92 Å². The highest BCUT2D eigenvalue weighted by atomic mass is 19.1.